The Bertz CT molecular complexity index is 830. The summed E-state index contributed by atoms with van der Waals surface area (Å²) >= 11 is 0. The third kappa shape index (κ3) is 5.43. The van der Waals surface area contributed by atoms with Crippen molar-refractivity contribution in [2.75, 3.05) is 32.7 Å². The zero-order valence-corrected chi connectivity index (χ0v) is 18.1. The van der Waals surface area contributed by atoms with Crippen LogP contribution in [-0.4, -0.2) is 68.1 Å². The van der Waals surface area contributed by atoms with Crippen LogP contribution in [0.3, 0.4) is 0 Å². The molecule has 0 radical (unpaired) electrons. The summed E-state index contributed by atoms with van der Waals surface area (Å²) in [5.74, 6) is 0.451. The smallest absolute Gasteiger partial charge is 0.243 e. The monoisotopic (exact) mass is 421 g/mol. The van der Waals surface area contributed by atoms with Gasteiger partial charge < -0.3 is 5.32 Å². The number of carbonyl (C=O) groups is 2. The molecule has 1 aliphatic heterocycles. The maximum absolute atomic E-state index is 12.8. The molecule has 29 heavy (non-hydrogen) atoms. The molecule has 1 saturated heterocycles. The summed E-state index contributed by atoms with van der Waals surface area (Å²) in [6.45, 7) is 5.71. The Morgan fingerprint density at radius 2 is 1.66 bits per heavy atom. The van der Waals surface area contributed by atoms with Crippen LogP contribution in [0.15, 0.2) is 29.2 Å². The van der Waals surface area contributed by atoms with Gasteiger partial charge in [-0.1, -0.05) is 31.9 Å². The number of amides is 1. The molecule has 1 amide bonds. The first kappa shape index (κ1) is 21.9. The third-order valence-corrected chi connectivity index (χ3v) is 7.97. The number of nitrogens with one attached hydrogen (secondary N) is 1. The number of carbonyl (C=O) groups excluding carboxylic acids is 2. The number of benzene rings is 1. The fourth-order valence-corrected chi connectivity index (χ4v) is 5.55. The van der Waals surface area contributed by atoms with E-state index >= 15 is 0 Å². The standard InChI is InChI=1S/C21H31N3O4S/c1-16-5-3-4-6-20(16)22-21(26)15-23-11-13-24(14-12-23)29(27,28)19-9-7-18(8-10-19)17(2)25/h7-10,16,20H,3-6,11-15H2,1-2H3,(H,22,26)/t16-,20-/m1/s1. The predicted molar refractivity (Wildman–Crippen MR) is 111 cm³/mol. The van der Waals surface area contributed by atoms with Crippen molar-refractivity contribution in [1.29, 1.82) is 0 Å². The molecular weight excluding hydrogens is 390 g/mol. The van der Waals surface area contributed by atoms with Crippen molar-refractivity contribution in [1.82, 2.24) is 14.5 Å². The number of Topliss-reactive ketones (excluding diaryl/α,β-unsaturated/α-hetero) is 1. The Kier molecular flexibility index (Phi) is 7.08. The molecule has 2 aliphatic rings. The maximum atomic E-state index is 12.8. The van der Waals surface area contributed by atoms with Crippen LogP contribution in [-0.2, 0) is 14.8 Å². The van der Waals surface area contributed by atoms with Crippen LogP contribution < -0.4 is 5.32 Å². The average Bonchev–Trinajstić information content (AvgIpc) is 2.70. The molecule has 2 fully saturated rings. The van der Waals surface area contributed by atoms with Gasteiger partial charge in [-0.25, -0.2) is 8.42 Å². The second-order valence-corrected chi connectivity index (χ2v) is 10.1. The van der Waals surface area contributed by atoms with E-state index in [0.717, 1.165) is 12.8 Å². The molecule has 1 saturated carbocycles. The van der Waals surface area contributed by atoms with Gasteiger partial charge in [-0.3, -0.25) is 14.5 Å². The average molecular weight is 422 g/mol. The molecule has 1 heterocycles. The number of rotatable bonds is 6. The van der Waals surface area contributed by atoms with Crippen molar-refractivity contribution in [3.63, 3.8) is 0 Å². The summed E-state index contributed by atoms with van der Waals surface area (Å²) < 4.78 is 27.1. The molecule has 0 bridgehead atoms. The quantitative estimate of drug-likeness (QED) is 0.709. The molecule has 0 unspecified atom stereocenters. The van der Waals surface area contributed by atoms with E-state index in [0.29, 0.717) is 44.2 Å². The normalized spacial score (nSPS) is 24.2. The summed E-state index contributed by atoms with van der Waals surface area (Å²) in [6.07, 6.45) is 4.61. The predicted octanol–water partition coefficient (Wildman–Crippen LogP) is 1.89. The fraction of sp³-hybridized carbons (Fsp3) is 0.619. The molecule has 1 aromatic rings. The lowest BCUT2D eigenvalue weighted by Crippen LogP contribution is -2.52. The molecule has 1 N–H and O–H groups in total. The lowest BCUT2D eigenvalue weighted by Gasteiger charge is -2.34. The zero-order chi connectivity index (χ0) is 21.0. The van der Waals surface area contributed by atoms with E-state index in [1.165, 1.54) is 36.2 Å². The van der Waals surface area contributed by atoms with Crippen LogP contribution in [0.5, 0.6) is 0 Å². The van der Waals surface area contributed by atoms with Crippen LogP contribution in [0.25, 0.3) is 0 Å². The Morgan fingerprint density at radius 3 is 2.24 bits per heavy atom. The molecule has 160 valence electrons. The molecule has 0 aromatic heterocycles. The van der Waals surface area contributed by atoms with E-state index in [-0.39, 0.29) is 22.6 Å². The van der Waals surface area contributed by atoms with Gasteiger partial charge in [-0.15, -0.1) is 0 Å². The van der Waals surface area contributed by atoms with E-state index < -0.39 is 10.0 Å². The molecule has 8 heteroatoms. The van der Waals surface area contributed by atoms with Crippen LogP contribution in [0.1, 0.15) is 49.9 Å². The summed E-state index contributed by atoms with van der Waals surface area (Å²) in [5, 5.41) is 3.16. The highest BCUT2D eigenvalue weighted by molar-refractivity contribution is 7.89. The second-order valence-electron chi connectivity index (χ2n) is 8.20. The highest BCUT2D eigenvalue weighted by Gasteiger charge is 2.30. The van der Waals surface area contributed by atoms with E-state index in [1.807, 2.05) is 4.90 Å². The SMILES string of the molecule is CC(=O)c1ccc(S(=O)(=O)N2CCN(CC(=O)N[C@@H]3CCCC[C@H]3C)CC2)cc1. The molecule has 3 rings (SSSR count). The Balaban J connectivity index is 1.51. The van der Waals surface area contributed by atoms with Gasteiger partial charge in [0.25, 0.3) is 0 Å². The topological polar surface area (TPSA) is 86.8 Å². The zero-order valence-electron chi connectivity index (χ0n) is 17.3. The number of hydrogen-bond acceptors (Lipinski definition) is 5. The van der Waals surface area contributed by atoms with Crippen molar-refractivity contribution in [3.8, 4) is 0 Å². The molecule has 2 atom stereocenters. The lowest BCUT2D eigenvalue weighted by atomic mass is 9.86. The molecule has 0 spiro atoms. The van der Waals surface area contributed by atoms with Crippen LogP contribution in [0, 0.1) is 5.92 Å². The van der Waals surface area contributed by atoms with Crippen LogP contribution in [0.4, 0.5) is 0 Å². The van der Waals surface area contributed by atoms with Crippen molar-refractivity contribution in [3.05, 3.63) is 29.8 Å². The van der Waals surface area contributed by atoms with E-state index in [2.05, 4.69) is 12.2 Å². The largest absolute Gasteiger partial charge is 0.352 e. The Hall–Kier alpha value is -1.77. The van der Waals surface area contributed by atoms with Gasteiger partial charge >= 0.3 is 0 Å². The summed E-state index contributed by atoms with van der Waals surface area (Å²) in [5.41, 5.74) is 0.493. The van der Waals surface area contributed by atoms with Crippen LogP contribution >= 0.6 is 0 Å². The molecule has 1 aliphatic carbocycles. The van der Waals surface area contributed by atoms with Crippen molar-refractivity contribution < 1.29 is 18.0 Å². The van der Waals surface area contributed by atoms with Crippen molar-refractivity contribution in [2.24, 2.45) is 5.92 Å². The minimum atomic E-state index is -3.59. The van der Waals surface area contributed by atoms with E-state index in [1.54, 1.807) is 12.1 Å². The number of hydrogen-bond donors (Lipinski definition) is 1. The number of sulfonamides is 1. The minimum absolute atomic E-state index is 0.0277. The lowest BCUT2D eigenvalue weighted by molar-refractivity contribution is -0.123. The third-order valence-electron chi connectivity index (χ3n) is 6.05. The molecular formula is C21H31N3O4S. The summed E-state index contributed by atoms with van der Waals surface area (Å²) in [7, 11) is -3.59. The Morgan fingerprint density at radius 1 is 1.03 bits per heavy atom. The highest BCUT2D eigenvalue weighted by Crippen LogP contribution is 2.23. The first-order valence-corrected chi connectivity index (χ1v) is 11.8. The summed E-state index contributed by atoms with van der Waals surface area (Å²) in [4.78, 5) is 26.0. The minimum Gasteiger partial charge on any atom is -0.352 e. The van der Waals surface area contributed by atoms with Gasteiger partial charge in [0.1, 0.15) is 0 Å². The van der Waals surface area contributed by atoms with Gasteiger partial charge in [0.15, 0.2) is 5.78 Å². The number of piperazine rings is 1. The van der Waals surface area contributed by atoms with Crippen molar-refractivity contribution >= 4 is 21.7 Å². The van der Waals surface area contributed by atoms with E-state index in [4.69, 9.17) is 0 Å². The van der Waals surface area contributed by atoms with Gasteiger partial charge in [0, 0.05) is 37.8 Å². The van der Waals surface area contributed by atoms with Crippen molar-refractivity contribution in [2.45, 2.75) is 50.5 Å². The first-order valence-electron chi connectivity index (χ1n) is 10.4. The molecule has 1 aromatic carbocycles. The Labute approximate surface area is 173 Å². The summed E-state index contributed by atoms with van der Waals surface area (Å²) in [6, 6.07) is 6.31. The fourth-order valence-electron chi connectivity index (χ4n) is 4.12. The van der Waals surface area contributed by atoms with Gasteiger partial charge in [-0.05, 0) is 37.8 Å². The molecule has 7 nitrogen and oxygen atoms in total. The number of ketones is 1. The van der Waals surface area contributed by atoms with Gasteiger partial charge in [0.05, 0.1) is 11.4 Å². The van der Waals surface area contributed by atoms with Crippen LogP contribution in [0.2, 0.25) is 0 Å². The first-order chi connectivity index (χ1) is 13.8. The highest BCUT2D eigenvalue weighted by atomic mass is 32.2. The number of nitrogens with zero attached hydrogens (tertiary/aromatic N) is 2. The maximum Gasteiger partial charge on any atom is 0.243 e. The van der Waals surface area contributed by atoms with Gasteiger partial charge in [-0.2, -0.15) is 4.31 Å². The van der Waals surface area contributed by atoms with Gasteiger partial charge in [0.2, 0.25) is 15.9 Å². The van der Waals surface area contributed by atoms with E-state index in [9.17, 15) is 18.0 Å². The second kappa shape index (κ2) is 9.36.